The van der Waals surface area contributed by atoms with Crippen LogP contribution in [0.25, 0.3) is 11.1 Å². The minimum absolute atomic E-state index is 0.339. The minimum atomic E-state index is -0.339. The maximum absolute atomic E-state index is 11.6. The lowest BCUT2D eigenvalue weighted by atomic mass is 9.51. The number of benzene rings is 2. The van der Waals surface area contributed by atoms with Crippen LogP contribution < -0.4 is 4.74 Å². The van der Waals surface area contributed by atoms with Gasteiger partial charge in [-0.1, -0.05) is 81.5 Å². The van der Waals surface area contributed by atoms with E-state index in [1.807, 2.05) is 24.3 Å². The second-order valence-electron chi connectivity index (χ2n) is 10.5. The van der Waals surface area contributed by atoms with Crippen LogP contribution in [0.5, 0.6) is 5.75 Å². The normalized spacial score (nSPS) is 24.3. The van der Waals surface area contributed by atoms with E-state index in [0.717, 1.165) is 5.56 Å². The number of unbranched alkanes of at least 4 members (excludes halogenated alkanes) is 4. The fourth-order valence-corrected chi connectivity index (χ4v) is 6.19. The number of carbonyl (C=O) groups excluding carboxylic acids is 1. The summed E-state index contributed by atoms with van der Waals surface area (Å²) in [5.41, 5.74) is 4.98. The van der Waals surface area contributed by atoms with Crippen LogP contribution in [-0.2, 0) is 10.2 Å². The second kappa shape index (κ2) is 10.7. The first kappa shape index (κ1) is 23.8. The highest BCUT2D eigenvalue weighted by atomic mass is 16.5. The third kappa shape index (κ3) is 5.60. The van der Waals surface area contributed by atoms with Crippen LogP contribution in [0.2, 0.25) is 0 Å². The van der Waals surface area contributed by atoms with E-state index < -0.39 is 0 Å². The number of hydrogen-bond acceptors (Lipinski definition) is 2. The van der Waals surface area contributed by atoms with Gasteiger partial charge in [-0.25, -0.2) is 4.79 Å². The Balaban J connectivity index is 1.35. The topological polar surface area (TPSA) is 26.3 Å². The van der Waals surface area contributed by atoms with Crippen LogP contribution in [0.4, 0.5) is 0 Å². The Kier molecular flexibility index (Phi) is 7.73. The number of allylic oxidation sites excluding steroid dienone is 1. The molecule has 2 aromatic carbocycles. The average molecular weight is 445 g/mol. The maximum atomic E-state index is 11.6. The van der Waals surface area contributed by atoms with Gasteiger partial charge in [0.25, 0.3) is 0 Å². The maximum Gasteiger partial charge on any atom is 0.335 e. The van der Waals surface area contributed by atoms with Gasteiger partial charge in [0.15, 0.2) is 0 Å². The molecule has 0 atom stereocenters. The van der Waals surface area contributed by atoms with Gasteiger partial charge in [0.2, 0.25) is 0 Å². The molecule has 3 aliphatic carbocycles. The molecule has 3 aliphatic rings. The van der Waals surface area contributed by atoms with E-state index in [1.165, 1.54) is 88.7 Å². The summed E-state index contributed by atoms with van der Waals surface area (Å²) in [5.74, 6) is 0.241. The van der Waals surface area contributed by atoms with E-state index in [-0.39, 0.29) is 5.97 Å². The van der Waals surface area contributed by atoms with Gasteiger partial charge >= 0.3 is 5.97 Å². The Morgan fingerprint density at radius 1 is 0.818 bits per heavy atom. The van der Waals surface area contributed by atoms with Crippen molar-refractivity contribution in [2.24, 2.45) is 5.41 Å². The van der Waals surface area contributed by atoms with Gasteiger partial charge in [-0.3, -0.25) is 0 Å². The molecule has 5 rings (SSSR count). The van der Waals surface area contributed by atoms with Crippen LogP contribution in [0.15, 0.2) is 60.7 Å². The minimum Gasteiger partial charge on any atom is -0.423 e. The molecule has 0 saturated heterocycles. The molecule has 3 saturated carbocycles. The molecule has 0 aliphatic heterocycles. The molecule has 0 heterocycles. The molecule has 0 amide bonds. The second-order valence-corrected chi connectivity index (χ2v) is 10.5. The van der Waals surface area contributed by atoms with Crippen LogP contribution in [0.1, 0.15) is 96.5 Å². The molecule has 0 spiro atoms. The highest BCUT2D eigenvalue weighted by Crippen LogP contribution is 2.59. The quantitative estimate of drug-likeness (QED) is 0.158. The van der Waals surface area contributed by atoms with Gasteiger partial charge < -0.3 is 4.74 Å². The SMILES string of the molecule is C/C=C/C(=O)Oc1ccc(-c2ccc(C34CCC(CCCCCCC)(CC3)CC4)cc2)cc1. The molecule has 0 N–H and O–H groups in total. The molecule has 3 fully saturated rings. The van der Waals surface area contributed by atoms with E-state index in [9.17, 15) is 4.79 Å². The standard InChI is InChI=1S/C31H40O2/c1-3-5-6-7-8-18-30-19-22-31(23-20-30,24-21-30)27-14-10-25(11-15-27)26-12-16-28(17-13-26)33-29(32)9-4-2/h4,9-17H,3,5-8,18-24H2,1-2H3/b9-4+. The fraction of sp³-hybridized carbons (Fsp3) is 0.516. The van der Waals surface area contributed by atoms with Crippen LogP contribution >= 0.6 is 0 Å². The van der Waals surface area contributed by atoms with Crippen LogP contribution in [0.3, 0.4) is 0 Å². The lowest BCUT2D eigenvalue weighted by molar-refractivity contribution is -0.129. The molecular formula is C31H40O2. The summed E-state index contributed by atoms with van der Waals surface area (Å²) < 4.78 is 5.30. The summed E-state index contributed by atoms with van der Waals surface area (Å²) >= 11 is 0. The number of carbonyl (C=O) groups is 1. The monoisotopic (exact) mass is 444 g/mol. The van der Waals surface area contributed by atoms with E-state index in [0.29, 0.717) is 16.6 Å². The first-order valence-corrected chi connectivity index (χ1v) is 13.1. The van der Waals surface area contributed by atoms with Gasteiger partial charge in [0, 0.05) is 6.08 Å². The van der Waals surface area contributed by atoms with Crippen molar-refractivity contribution in [2.75, 3.05) is 0 Å². The number of ether oxygens (including phenoxy) is 1. The Bertz CT molecular complexity index is 911. The molecule has 0 radical (unpaired) electrons. The van der Waals surface area contributed by atoms with Gasteiger partial charge in [0.05, 0.1) is 0 Å². The summed E-state index contributed by atoms with van der Waals surface area (Å²) in [5, 5.41) is 0. The van der Waals surface area contributed by atoms with E-state index >= 15 is 0 Å². The van der Waals surface area contributed by atoms with Crippen molar-refractivity contribution in [3.63, 3.8) is 0 Å². The van der Waals surface area contributed by atoms with Gasteiger partial charge in [-0.2, -0.15) is 0 Å². The molecular weight excluding hydrogens is 404 g/mol. The van der Waals surface area contributed by atoms with Crippen molar-refractivity contribution in [3.8, 4) is 16.9 Å². The van der Waals surface area contributed by atoms with Crippen LogP contribution in [-0.4, -0.2) is 5.97 Å². The van der Waals surface area contributed by atoms with Crippen molar-refractivity contribution >= 4 is 5.97 Å². The molecule has 0 unspecified atom stereocenters. The van der Waals surface area contributed by atoms with Crippen molar-refractivity contribution in [1.29, 1.82) is 0 Å². The van der Waals surface area contributed by atoms with Crippen molar-refractivity contribution in [1.82, 2.24) is 0 Å². The Morgan fingerprint density at radius 2 is 1.39 bits per heavy atom. The molecule has 176 valence electrons. The number of esters is 1. The Morgan fingerprint density at radius 3 is 1.97 bits per heavy atom. The molecule has 33 heavy (non-hydrogen) atoms. The average Bonchev–Trinajstić information content (AvgIpc) is 2.86. The lowest BCUT2D eigenvalue weighted by Gasteiger charge is -2.54. The molecule has 2 aromatic rings. The zero-order valence-electron chi connectivity index (χ0n) is 20.6. The van der Waals surface area contributed by atoms with Crippen molar-refractivity contribution in [2.45, 2.75) is 96.3 Å². The van der Waals surface area contributed by atoms with Gasteiger partial charge in [-0.05, 0) is 91.5 Å². The molecule has 2 nitrogen and oxygen atoms in total. The third-order valence-corrected chi connectivity index (χ3v) is 8.42. The summed E-state index contributed by atoms with van der Waals surface area (Å²) in [7, 11) is 0. The van der Waals surface area contributed by atoms with Gasteiger partial charge in [0.1, 0.15) is 5.75 Å². The van der Waals surface area contributed by atoms with Gasteiger partial charge in [-0.15, -0.1) is 0 Å². The predicted molar refractivity (Wildman–Crippen MR) is 138 cm³/mol. The number of rotatable bonds is 10. The Hall–Kier alpha value is -2.35. The van der Waals surface area contributed by atoms with E-state index in [1.54, 1.807) is 18.6 Å². The summed E-state index contributed by atoms with van der Waals surface area (Å²) in [6.45, 7) is 4.11. The first-order chi connectivity index (χ1) is 16.1. The zero-order valence-corrected chi connectivity index (χ0v) is 20.6. The number of fused-ring (bicyclic) bond motifs is 3. The highest BCUT2D eigenvalue weighted by molar-refractivity contribution is 5.84. The van der Waals surface area contributed by atoms with E-state index in [4.69, 9.17) is 4.74 Å². The van der Waals surface area contributed by atoms with Crippen LogP contribution in [0, 0.1) is 5.41 Å². The molecule has 2 bridgehead atoms. The van der Waals surface area contributed by atoms with E-state index in [2.05, 4.69) is 31.2 Å². The number of hydrogen-bond donors (Lipinski definition) is 0. The smallest absolute Gasteiger partial charge is 0.335 e. The summed E-state index contributed by atoms with van der Waals surface area (Å²) in [6.07, 6.45) is 20.0. The first-order valence-electron chi connectivity index (χ1n) is 13.1. The fourth-order valence-electron chi connectivity index (χ4n) is 6.19. The third-order valence-electron chi connectivity index (χ3n) is 8.42. The van der Waals surface area contributed by atoms with Crippen molar-refractivity contribution < 1.29 is 9.53 Å². The largest absolute Gasteiger partial charge is 0.423 e. The summed E-state index contributed by atoms with van der Waals surface area (Å²) in [4.78, 5) is 11.6. The highest BCUT2D eigenvalue weighted by Gasteiger charge is 2.48. The predicted octanol–water partition coefficient (Wildman–Crippen LogP) is 8.79. The molecule has 2 heteroatoms. The Labute approximate surface area is 200 Å². The zero-order chi connectivity index (χ0) is 23.2. The van der Waals surface area contributed by atoms with Crippen molar-refractivity contribution in [3.05, 3.63) is 66.2 Å². The molecule has 0 aromatic heterocycles. The lowest BCUT2D eigenvalue weighted by Crippen LogP contribution is -2.44. The summed E-state index contributed by atoms with van der Waals surface area (Å²) in [6, 6.07) is 17.1.